The summed E-state index contributed by atoms with van der Waals surface area (Å²) in [5, 5.41) is 9.36. The molecule has 3 nitrogen and oxygen atoms in total. The summed E-state index contributed by atoms with van der Waals surface area (Å²) >= 11 is 0. The third kappa shape index (κ3) is 2.55. The zero-order valence-electron chi connectivity index (χ0n) is 10.6. The molecule has 1 N–H and O–H groups in total. The van der Waals surface area contributed by atoms with Crippen LogP contribution in [0.4, 0.5) is 5.69 Å². The van der Waals surface area contributed by atoms with E-state index in [1.165, 1.54) is 24.1 Å². The van der Waals surface area contributed by atoms with Gasteiger partial charge in [-0.15, -0.1) is 0 Å². The van der Waals surface area contributed by atoms with Gasteiger partial charge in [-0.05, 0) is 36.6 Å². The van der Waals surface area contributed by atoms with Gasteiger partial charge in [0, 0.05) is 31.3 Å². The molecule has 0 bridgehead atoms. The Balaban J connectivity index is 2.35. The number of nitrogens with zero attached hydrogens (tertiary/aromatic N) is 1. The van der Waals surface area contributed by atoms with E-state index >= 15 is 0 Å². The van der Waals surface area contributed by atoms with Gasteiger partial charge in [-0.2, -0.15) is 0 Å². The van der Waals surface area contributed by atoms with Crippen LogP contribution in [0.25, 0.3) is 0 Å². The van der Waals surface area contributed by atoms with Crippen molar-refractivity contribution in [3.63, 3.8) is 0 Å². The molecule has 17 heavy (non-hydrogen) atoms. The number of hydrogen-bond acceptors (Lipinski definition) is 3. The number of methoxy groups -OCH3 is 1. The van der Waals surface area contributed by atoms with Crippen molar-refractivity contribution in [2.45, 2.75) is 25.7 Å². The number of aliphatic hydroxyl groups excluding tert-OH is 1. The van der Waals surface area contributed by atoms with E-state index in [9.17, 15) is 5.11 Å². The van der Waals surface area contributed by atoms with E-state index in [4.69, 9.17) is 4.74 Å². The third-order valence-electron chi connectivity index (χ3n) is 3.49. The van der Waals surface area contributed by atoms with Crippen LogP contribution in [-0.4, -0.2) is 31.9 Å². The maximum absolute atomic E-state index is 9.36. The minimum atomic E-state index is 0.153. The summed E-state index contributed by atoms with van der Waals surface area (Å²) in [7, 11) is 1.68. The van der Waals surface area contributed by atoms with Gasteiger partial charge in [0.25, 0.3) is 0 Å². The number of ether oxygens (including phenoxy) is 1. The fourth-order valence-corrected chi connectivity index (χ4v) is 2.40. The first kappa shape index (κ1) is 12.2. The Morgan fingerprint density at radius 3 is 2.65 bits per heavy atom. The second-order valence-corrected chi connectivity index (χ2v) is 4.70. The van der Waals surface area contributed by atoms with Gasteiger partial charge >= 0.3 is 0 Å². The predicted octanol–water partition coefficient (Wildman–Crippen LogP) is 2.39. The second kappa shape index (κ2) is 5.41. The highest BCUT2D eigenvalue weighted by Crippen LogP contribution is 2.33. The fourth-order valence-electron chi connectivity index (χ4n) is 2.40. The molecule has 1 aliphatic rings. The molecule has 1 atom stereocenters. The molecule has 2 rings (SSSR count). The molecular weight excluding hydrogens is 214 g/mol. The molecular formula is C14H21NO2. The van der Waals surface area contributed by atoms with E-state index in [0.717, 1.165) is 18.8 Å². The zero-order chi connectivity index (χ0) is 12.3. The van der Waals surface area contributed by atoms with Crippen LogP contribution < -0.4 is 9.64 Å². The molecule has 1 heterocycles. The molecule has 1 aliphatic heterocycles. The van der Waals surface area contributed by atoms with Gasteiger partial charge in [0.15, 0.2) is 0 Å². The predicted molar refractivity (Wildman–Crippen MR) is 69.9 cm³/mol. The van der Waals surface area contributed by atoms with Gasteiger partial charge in [-0.1, -0.05) is 6.92 Å². The first-order valence-electron chi connectivity index (χ1n) is 6.30. The monoisotopic (exact) mass is 235 g/mol. The molecule has 0 saturated carbocycles. The molecule has 1 fully saturated rings. The number of hydrogen-bond donors (Lipinski definition) is 1. The van der Waals surface area contributed by atoms with E-state index in [2.05, 4.69) is 17.0 Å². The molecule has 3 heteroatoms. The Hall–Kier alpha value is -1.22. The number of anilines is 1. The maximum atomic E-state index is 9.36. The maximum Gasteiger partial charge on any atom is 0.119 e. The van der Waals surface area contributed by atoms with Crippen molar-refractivity contribution in [2.75, 3.05) is 31.7 Å². The Bertz CT molecular complexity index is 372. The van der Waals surface area contributed by atoms with E-state index in [-0.39, 0.29) is 12.5 Å². The molecule has 0 aliphatic carbocycles. The average molecular weight is 235 g/mol. The van der Waals surface area contributed by atoms with Crippen molar-refractivity contribution >= 4 is 5.69 Å². The normalized spacial score (nSPS) is 17.2. The fraction of sp³-hybridized carbons (Fsp3) is 0.571. The molecule has 1 unspecified atom stereocenters. The lowest BCUT2D eigenvalue weighted by molar-refractivity contribution is 0.273. The smallest absolute Gasteiger partial charge is 0.119 e. The van der Waals surface area contributed by atoms with Crippen molar-refractivity contribution < 1.29 is 9.84 Å². The topological polar surface area (TPSA) is 32.7 Å². The Labute approximate surface area is 103 Å². The highest BCUT2D eigenvalue weighted by Gasteiger charge is 2.19. The molecule has 0 amide bonds. The van der Waals surface area contributed by atoms with Crippen molar-refractivity contribution in [1.29, 1.82) is 0 Å². The van der Waals surface area contributed by atoms with Crippen LogP contribution in [0.15, 0.2) is 18.2 Å². The van der Waals surface area contributed by atoms with Crippen LogP contribution in [-0.2, 0) is 0 Å². The largest absolute Gasteiger partial charge is 0.497 e. The highest BCUT2D eigenvalue weighted by molar-refractivity contribution is 5.58. The van der Waals surface area contributed by atoms with Crippen molar-refractivity contribution in [2.24, 2.45) is 0 Å². The first-order chi connectivity index (χ1) is 8.26. The van der Waals surface area contributed by atoms with Crippen LogP contribution in [0.3, 0.4) is 0 Å². The summed E-state index contributed by atoms with van der Waals surface area (Å²) in [6.07, 6.45) is 2.53. The second-order valence-electron chi connectivity index (χ2n) is 4.70. The average Bonchev–Trinajstić information content (AvgIpc) is 2.90. The van der Waals surface area contributed by atoms with Crippen LogP contribution in [0.2, 0.25) is 0 Å². The first-order valence-corrected chi connectivity index (χ1v) is 6.30. The van der Waals surface area contributed by atoms with Crippen LogP contribution in [0.5, 0.6) is 5.75 Å². The Kier molecular flexibility index (Phi) is 3.89. The Morgan fingerprint density at radius 1 is 1.35 bits per heavy atom. The zero-order valence-corrected chi connectivity index (χ0v) is 10.6. The summed E-state index contributed by atoms with van der Waals surface area (Å²) in [4.78, 5) is 2.40. The standard InChI is InChI=1S/C14H21NO2/c1-11(10-16)13-9-12(17-2)5-6-14(13)15-7-3-4-8-15/h5-6,9,11,16H,3-4,7-8,10H2,1-2H3. The third-order valence-corrected chi connectivity index (χ3v) is 3.49. The number of aliphatic hydroxyl groups is 1. The molecule has 1 aromatic rings. The SMILES string of the molecule is COc1ccc(N2CCCC2)c(C(C)CO)c1. The molecule has 0 spiro atoms. The van der Waals surface area contributed by atoms with Crippen molar-refractivity contribution in [1.82, 2.24) is 0 Å². The lowest BCUT2D eigenvalue weighted by atomic mass is 9.99. The van der Waals surface area contributed by atoms with Crippen LogP contribution >= 0.6 is 0 Å². The quantitative estimate of drug-likeness (QED) is 0.869. The highest BCUT2D eigenvalue weighted by atomic mass is 16.5. The van der Waals surface area contributed by atoms with Crippen LogP contribution in [0, 0.1) is 0 Å². The minimum Gasteiger partial charge on any atom is -0.497 e. The van der Waals surface area contributed by atoms with Crippen LogP contribution in [0.1, 0.15) is 31.2 Å². The summed E-state index contributed by atoms with van der Waals surface area (Å²) in [6.45, 7) is 4.47. The van der Waals surface area contributed by atoms with Crippen molar-refractivity contribution in [3.05, 3.63) is 23.8 Å². The van der Waals surface area contributed by atoms with Crippen molar-refractivity contribution in [3.8, 4) is 5.75 Å². The molecule has 0 radical (unpaired) electrons. The number of benzene rings is 1. The Morgan fingerprint density at radius 2 is 2.06 bits per heavy atom. The summed E-state index contributed by atoms with van der Waals surface area (Å²) < 4.78 is 5.27. The summed E-state index contributed by atoms with van der Waals surface area (Å²) in [5.41, 5.74) is 2.44. The molecule has 0 aromatic heterocycles. The molecule has 1 saturated heterocycles. The van der Waals surface area contributed by atoms with Gasteiger partial charge in [0.2, 0.25) is 0 Å². The van der Waals surface area contributed by atoms with Gasteiger partial charge in [0.05, 0.1) is 7.11 Å². The van der Waals surface area contributed by atoms with E-state index in [0.29, 0.717) is 0 Å². The lowest BCUT2D eigenvalue weighted by Gasteiger charge is -2.24. The van der Waals surface area contributed by atoms with Gasteiger partial charge in [0.1, 0.15) is 5.75 Å². The van der Waals surface area contributed by atoms with Gasteiger partial charge in [-0.25, -0.2) is 0 Å². The molecule has 94 valence electrons. The van der Waals surface area contributed by atoms with E-state index in [1.807, 2.05) is 13.0 Å². The van der Waals surface area contributed by atoms with Gasteiger partial charge in [-0.3, -0.25) is 0 Å². The van der Waals surface area contributed by atoms with E-state index < -0.39 is 0 Å². The minimum absolute atomic E-state index is 0.153. The van der Waals surface area contributed by atoms with E-state index in [1.54, 1.807) is 7.11 Å². The van der Waals surface area contributed by atoms with Gasteiger partial charge < -0.3 is 14.7 Å². The molecule has 1 aromatic carbocycles. The summed E-state index contributed by atoms with van der Waals surface area (Å²) in [5.74, 6) is 1.02. The summed E-state index contributed by atoms with van der Waals surface area (Å²) in [6, 6.07) is 6.17. The lowest BCUT2D eigenvalue weighted by Crippen LogP contribution is -2.20. The number of rotatable bonds is 4.